The zero-order valence-electron chi connectivity index (χ0n) is 27.4. The van der Waals surface area contributed by atoms with Gasteiger partial charge in [-0.15, -0.1) is 0 Å². The minimum absolute atomic E-state index is 0.0242. The van der Waals surface area contributed by atoms with Crippen molar-refractivity contribution in [3.8, 4) is 11.3 Å². The number of rotatable bonds is 3. The van der Waals surface area contributed by atoms with Crippen molar-refractivity contribution >= 4 is 19.0 Å². The first-order valence-corrected chi connectivity index (χ1v) is 18.8. The topological polar surface area (TPSA) is 40.7 Å². The molecular formula is C36H49N4OSi+. The van der Waals surface area contributed by atoms with E-state index in [9.17, 15) is 0 Å². The number of ether oxygens (including phenoxy) is 1. The van der Waals surface area contributed by atoms with Crippen LogP contribution in [0.15, 0.2) is 89.0 Å². The number of hydrogen-bond acceptors (Lipinski definition) is 4. The van der Waals surface area contributed by atoms with E-state index >= 15 is 0 Å². The van der Waals surface area contributed by atoms with E-state index in [4.69, 9.17) is 9.73 Å². The molecule has 1 aromatic carbocycles. The van der Waals surface area contributed by atoms with E-state index in [1.54, 1.807) is 0 Å². The minimum atomic E-state index is -1.66. The van der Waals surface area contributed by atoms with Gasteiger partial charge in [-0.2, -0.15) is 4.57 Å². The van der Waals surface area contributed by atoms with E-state index in [1.807, 2.05) is 7.05 Å². The molecule has 1 N–H and O–H groups in total. The molecule has 0 bridgehead atoms. The highest BCUT2D eigenvalue weighted by atomic mass is 28.3. The SMILES string of the molecule is C=C1OC(NC)=C(C)N(C)C2=C1C(C)=NC(=C)C1C(CC2)c2ccccc2-c2cc(CC(C)(C)C)c([Si](C)(C)C)c[n+]21. The van der Waals surface area contributed by atoms with Crippen molar-refractivity contribution in [2.24, 2.45) is 10.4 Å². The van der Waals surface area contributed by atoms with Gasteiger partial charge in [0.15, 0.2) is 6.20 Å². The number of nitrogens with zero attached hydrogens (tertiary/aromatic N) is 3. The Morgan fingerprint density at radius 3 is 2.48 bits per heavy atom. The third-order valence-corrected chi connectivity index (χ3v) is 11.1. The van der Waals surface area contributed by atoms with Gasteiger partial charge in [0.05, 0.1) is 31.0 Å². The molecule has 222 valence electrons. The molecule has 2 unspecified atom stereocenters. The maximum absolute atomic E-state index is 6.26. The van der Waals surface area contributed by atoms with E-state index in [0.717, 1.165) is 41.9 Å². The maximum Gasteiger partial charge on any atom is 0.213 e. The molecule has 42 heavy (non-hydrogen) atoms. The molecule has 0 saturated carbocycles. The molecule has 0 spiro atoms. The Morgan fingerprint density at radius 1 is 1.14 bits per heavy atom. The fourth-order valence-corrected chi connectivity index (χ4v) is 8.72. The van der Waals surface area contributed by atoms with Crippen LogP contribution < -0.4 is 15.1 Å². The molecule has 0 fully saturated rings. The first-order valence-electron chi connectivity index (χ1n) is 15.3. The molecule has 0 saturated heterocycles. The van der Waals surface area contributed by atoms with Gasteiger partial charge in [-0.25, -0.2) is 0 Å². The monoisotopic (exact) mass is 581 g/mol. The molecular weight excluding hydrogens is 533 g/mol. The van der Waals surface area contributed by atoms with Gasteiger partial charge in [0.1, 0.15) is 11.5 Å². The van der Waals surface area contributed by atoms with E-state index in [-0.39, 0.29) is 17.4 Å². The normalized spacial score (nSPS) is 21.2. The molecule has 0 radical (unpaired) electrons. The summed E-state index contributed by atoms with van der Waals surface area (Å²) >= 11 is 0. The minimum Gasteiger partial charge on any atom is -0.439 e. The molecule has 5 nitrogen and oxygen atoms in total. The van der Waals surface area contributed by atoms with Crippen LogP contribution in [0.4, 0.5) is 0 Å². The molecule has 3 aliphatic heterocycles. The van der Waals surface area contributed by atoms with Crippen LogP contribution >= 0.6 is 0 Å². The standard InChI is InChI=1S/C36H49N4OSi/c1-22-33-25(4)41-35(37-8)24(3)39(9)30(33)18-17-29-27-15-13-14-16-28(27)31-19-26(20-36(5,6)7)32(42(10,11)12)21-40(31)34(29)23(2)38-22/h13-16,19,21,29,34,37H,2,4,17-18,20H2,1,3,5-12H3/q+1. The molecule has 4 heterocycles. The lowest BCUT2D eigenvalue weighted by molar-refractivity contribution is -0.708. The van der Waals surface area contributed by atoms with Crippen molar-refractivity contribution in [3.05, 3.63) is 95.1 Å². The molecule has 2 atom stereocenters. The Kier molecular flexibility index (Phi) is 7.67. The van der Waals surface area contributed by atoms with Gasteiger partial charge < -0.3 is 15.0 Å². The summed E-state index contributed by atoms with van der Waals surface area (Å²) in [7, 11) is 2.35. The summed E-state index contributed by atoms with van der Waals surface area (Å²) in [5, 5.41) is 4.74. The van der Waals surface area contributed by atoms with E-state index in [0.29, 0.717) is 11.6 Å². The third kappa shape index (κ3) is 5.30. The number of aromatic nitrogens is 1. The van der Waals surface area contributed by atoms with Gasteiger partial charge in [0, 0.05) is 36.6 Å². The largest absolute Gasteiger partial charge is 0.439 e. The Balaban J connectivity index is 1.73. The van der Waals surface area contributed by atoms with Crippen molar-refractivity contribution in [3.63, 3.8) is 0 Å². The number of allylic oxidation sites excluding steroid dienone is 4. The van der Waals surface area contributed by atoms with Crippen LogP contribution in [0.1, 0.15) is 70.5 Å². The number of aliphatic imine (C=N–C) groups is 1. The quantitative estimate of drug-likeness (QED) is 0.305. The van der Waals surface area contributed by atoms with Crippen LogP contribution in [-0.2, 0) is 11.2 Å². The van der Waals surface area contributed by atoms with Gasteiger partial charge in [-0.3, -0.25) is 4.99 Å². The molecule has 3 aliphatic rings. The average Bonchev–Trinajstić information content (AvgIpc) is 2.94. The zero-order chi connectivity index (χ0) is 30.7. The Labute approximate surface area is 254 Å². The maximum atomic E-state index is 6.26. The van der Waals surface area contributed by atoms with Gasteiger partial charge in [0.2, 0.25) is 17.6 Å². The van der Waals surface area contributed by atoms with Crippen molar-refractivity contribution in [2.45, 2.75) is 85.5 Å². The van der Waals surface area contributed by atoms with E-state index < -0.39 is 8.07 Å². The van der Waals surface area contributed by atoms with Crippen LogP contribution in [0, 0.1) is 5.41 Å². The van der Waals surface area contributed by atoms with Crippen LogP contribution in [0.3, 0.4) is 0 Å². The number of pyridine rings is 1. The lowest BCUT2D eigenvalue weighted by Crippen LogP contribution is -2.54. The van der Waals surface area contributed by atoms with Crippen molar-refractivity contribution < 1.29 is 9.30 Å². The van der Waals surface area contributed by atoms with Gasteiger partial charge in [-0.1, -0.05) is 71.8 Å². The summed E-state index contributed by atoms with van der Waals surface area (Å²) in [5.41, 5.74) is 10.7. The predicted molar refractivity (Wildman–Crippen MR) is 178 cm³/mol. The molecule has 1 aromatic heterocycles. The number of nitrogens with one attached hydrogen (secondary N) is 1. The van der Waals surface area contributed by atoms with Crippen molar-refractivity contribution in [2.75, 3.05) is 14.1 Å². The summed E-state index contributed by atoms with van der Waals surface area (Å²) in [4.78, 5) is 7.51. The first kappa shape index (κ1) is 30.1. The number of hydrogen-bond donors (Lipinski definition) is 1. The second kappa shape index (κ2) is 10.7. The molecule has 0 amide bonds. The Hall–Kier alpha value is -3.38. The highest BCUT2D eigenvalue weighted by molar-refractivity contribution is 6.89. The third-order valence-electron chi connectivity index (χ3n) is 9.01. The summed E-state index contributed by atoms with van der Waals surface area (Å²) in [6.45, 7) is 27.6. The van der Waals surface area contributed by atoms with Crippen molar-refractivity contribution in [1.82, 2.24) is 10.2 Å². The highest BCUT2D eigenvalue weighted by Gasteiger charge is 2.44. The number of fused-ring (bicyclic) bond motifs is 6. The fourth-order valence-electron chi connectivity index (χ4n) is 7.07. The molecule has 6 heteroatoms. The van der Waals surface area contributed by atoms with Gasteiger partial charge in [0.25, 0.3) is 0 Å². The molecule has 2 aromatic rings. The highest BCUT2D eigenvalue weighted by Crippen LogP contribution is 2.46. The van der Waals surface area contributed by atoms with Crippen LogP contribution in [0.2, 0.25) is 19.6 Å². The van der Waals surface area contributed by atoms with Gasteiger partial charge in [-0.05, 0) is 55.7 Å². The fraction of sp³-hybridized carbons (Fsp3) is 0.444. The average molecular weight is 582 g/mol. The smallest absolute Gasteiger partial charge is 0.213 e. The molecule has 0 aliphatic carbocycles. The second-order valence-electron chi connectivity index (χ2n) is 14.4. The predicted octanol–water partition coefficient (Wildman–Crippen LogP) is 7.32. The number of benzene rings is 1. The molecule has 5 rings (SSSR count). The van der Waals surface area contributed by atoms with Crippen LogP contribution in [0.5, 0.6) is 0 Å². The summed E-state index contributed by atoms with van der Waals surface area (Å²) in [5.74, 6) is 1.57. The summed E-state index contributed by atoms with van der Waals surface area (Å²) in [6, 6.07) is 11.5. The Morgan fingerprint density at radius 2 is 1.83 bits per heavy atom. The van der Waals surface area contributed by atoms with E-state index in [2.05, 4.69) is 126 Å². The Bertz CT molecular complexity index is 1560. The lowest BCUT2D eigenvalue weighted by atomic mass is 9.78. The summed E-state index contributed by atoms with van der Waals surface area (Å²) < 4.78 is 8.79. The first-order chi connectivity index (χ1) is 19.6. The van der Waals surface area contributed by atoms with Crippen LogP contribution in [0.25, 0.3) is 11.3 Å². The lowest BCUT2D eigenvalue weighted by Gasteiger charge is -2.33. The van der Waals surface area contributed by atoms with Crippen LogP contribution in [-0.4, -0.2) is 32.8 Å². The van der Waals surface area contributed by atoms with Gasteiger partial charge >= 0.3 is 0 Å². The zero-order valence-corrected chi connectivity index (χ0v) is 28.4. The van der Waals surface area contributed by atoms with E-state index in [1.165, 1.54) is 33.3 Å². The van der Waals surface area contributed by atoms with Crippen molar-refractivity contribution in [1.29, 1.82) is 0 Å². The second-order valence-corrected chi connectivity index (χ2v) is 19.5. The summed E-state index contributed by atoms with van der Waals surface area (Å²) in [6.07, 6.45) is 5.38.